The zero-order valence-corrected chi connectivity index (χ0v) is 20.4. The van der Waals surface area contributed by atoms with Gasteiger partial charge in [0.2, 0.25) is 0 Å². The van der Waals surface area contributed by atoms with Gasteiger partial charge >= 0.3 is 6.09 Å². The Morgan fingerprint density at radius 1 is 1.38 bits per heavy atom. The van der Waals surface area contributed by atoms with Crippen LogP contribution in [0, 0.1) is 0 Å². The van der Waals surface area contributed by atoms with Gasteiger partial charge in [-0.2, -0.15) is 0 Å². The second kappa shape index (κ2) is 10.2. The van der Waals surface area contributed by atoms with Crippen molar-refractivity contribution in [2.45, 2.75) is 38.5 Å². The Labute approximate surface area is 194 Å². The average Bonchev–Trinajstić information content (AvgIpc) is 3.03. The van der Waals surface area contributed by atoms with Gasteiger partial charge in [0, 0.05) is 38.3 Å². The number of methoxy groups -OCH3 is 1. The van der Waals surface area contributed by atoms with E-state index in [1.165, 1.54) is 0 Å². The summed E-state index contributed by atoms with van der Waals surface area (Å²) in [7, 11) is 1.69. The molecule has 0 spiro atoms. The maximum atomic E-state index is 12.3. The molecule has 1 amide bonds. The SMILES string of the molecule is COC(CNC1=NCC2CN(C(=O)OC(C)(C)C)CCN12)c1cccc(Cl)c1.I. The van der Waals surface area contributed by atoms with Gasteiger partial charge in [0.25, 0.3) is 0 Å². The van der Waals surface area contributed by atoms with E-state index in [9.17, 15) is 4.79 Å². The third kappa shape index (κ3) is 6.36. The summed E-state index contributed by atoms with van der Waals surface area (Å²) in [5.74, 6) is 0.859. The number of rotatable bonds is 4. The summed E-state index contributed by atoms with van der Waals surface area (Å²) in [5, 5.41) is 4.10. The van der Waals surface area contributed by atoms with E-state index in [1.807, 2.05) is 45.0 Å². The fourth-order valence-electron chi connectivity index (χ4n) is 3.45. The topological polar surface area (TPSA) is 66.4 Å². The van der Waals surface area contributed by atoms with Crippen molar-refractivity contribution in [3.63, 3.8) is 0 Å². The summed E-state index contributed by atoms with van der Waals surface area (Å²) in [6, 6.07) is 7.86. The molecule has 162 valence electrons. The highest BCUT2D eigenvalue weighted by Gasteiger charge is 2.36. The van der Waals surface area contributed by atoms with Gasteiger partial charge in [0.1, 0.15) is 5.60 Å². The summed E-state index contributed by atoms with van der Waals surface area (Å²) in [6.07, 6.45) is -0.377. The number of nitrogens with zero attached hydrogens (tertiary/aromatic N) is 3. The van der Waals surface area contributed by atoms with Crippen LogP contribution in [-0.2, 0) is 9.47 Å². The standard InChI is InChI=1S/C20H29ClN4O3.HI/c1-20(2,3)28-19(26)24-8-9-25-16(13-24)11-22-18(25)23-12-17(27-4)14-6-5-7-15(21)10-14;/h5-7,10,16-17H,8-9,11-13H2,1-4H3,(H,22,23);1H. The molecule has 0 saturated carbocycles. The molecule has 2 unspecified atom stereocenters. The number of aliphatic imine (C=N–C) groups is 1. The number of piperazine rings is 1. The Balaban J connectivity index is 0.00000300. The fourth-order valence-corrected chi connectivity index (χ4v) is 3.65. The molecule has 9 heteroatoms. The second-order valence-corrected chi connectivity index (χ2v) is 8.53. The summed E-state index contributed by atoms with van der Waals surface area (Å²) in [5.41, 5.74) is 0.537. The molecule has 1 aromatic carbocycles. The Bertz CT molecular complexity index is 741. The lowest BCUT2D eigenvalue weighted by atomic mass is 10.1. The summed E-state index contributed by atoms with van der Waals surface area (Å²) in [6.45, 7) is 8.87. The third-order valence-electron chi connectivity index (χ3n) is 4.81. The lowest BCUT2D eigenvalue weighted by Gasteiger charge is -2.39. The van der Waals surface area contributed by atoms with Crippen LogP contribution in [0.15, 0.2) is 29.3 Å². The van der Waals surface area contributed by atoms with Gasteiger partial charge < -0.3 is 24.6 Å². The molecule has 1 saturated heterocycles. The van der Waals surface area contributed by atoms with Gasteiger partial charge in [-0.25, -0.2) is 4.79 Å². The van der Waals surface area contributed by atoms with E-state index in [2.05, 4.69) is 15.2 Å². The fraction of sp³-hybridized carbons (Fsp3) is 0.600. The maximum absolute atomic E-state index is 12.3. The number of guanidine groups is 1. The Morgan fingerprint density at radius 3 is 2.79 bits per heavy atom. The van der Waals surface area contributed by atoms with Crippen LogP contribution in [0.5, 0.6) is 0 Å². The number of hydrogen-bond acceptors (Lipinski definition) is 6. The molecule has 2 aliphatic rings. The molecule has 0 aliphatic carbocycles. The minimum atomic E-state index is -0.484. The maximum Gasteiger partial charge on any atom is 0.410 e. The number of hydrogen-bond donors (Lipinski definition) is 1. The quantitative estimate of drug-likeness (QED) is 0.597. The smallest absolute Gasteiger partial charge is 0.410 e. The molecular weight excluding hydrogens is 507 g/mol. The zero-order chi connectivity index (χ0) is 20.3. The van der Waals surface area contributed by atoms with Crippen LogP contribution in [0.25, 0.3) is 0 Å². The highest BCUT2D eigenvalue weighted by Crippen LogP contribution is 2.22. The molecule has 0 radical (unpaired) electrons. The van der Waals surface area contributed by atoms with Crippen molar-refractivity contribution < 1.29 is 14.3 Å². The number of halogens is 2. The Morgan fingerprint density at radius 2 is 2.14 bits per heavy atom. The van der Waals surface area contributed by atoms with Crippen molar-refractivity contribution in [2.75, 3.05) is 39.8 Å². The minimum absolute atomic E-state index is 0. The summed E-state index contributed by atoms with van der Waals surface area (Å²) < 4.78 is 11.1. The van der Waals surface area contributed by atoms with Gasteiger partial charge in [0.15, 0.2) is 5.96 Å². The number of fused-ring (bicyclic) bond motifs is 1. The first-order valence-corrected chi connectivity index (χ1v) is 9.96. The first-order chi connectivity index (χ1) is 13.3. The van der Waals surface area contributed by atoms with E-state index in [0.717, 1.165) is 18.1 Å². The molecule has 0 aromatic heterocycles. The van der Waals surface area contributed by atoms with Crippen LogP contribution in [0.2, 0.25) is 5.02 Å². The van der Waals surface area contributed by atoms with Crippen LogP contribution >= 0.6 is 35.6 Å². The Kier molecular flexibility index (Phi) is 8.42. The van der Waals surface area contributed by atoms with Crippen LogP contribution in [-0.4, -0.2) is 73.3 Å². The molecule has 3 rings (SSSR count). The molecule has 2 aliphatic heterocycles. The van der Waals surface area contributed by atoms with E-state index in [-0.39, 0.29) is 42.2 Å². The van der Waals surface area contributed by atoms with Gasteiger partial charge in [0.05, 0.1) is 18.7 Å². The molecular formula is C20H30ClIN4O3. The van der Waals surface area contributed by atoms with Crippen molar-refractivity contribution in [2.24, 2.45) is 4.99 Å². The van der Waals surface area contributed by atoms with Crippen molar-refractivity contribution in [1.29, 1.82) is 0 Å². The predicted octanol–water partition coefficient (Wildman–Crippen LogP) is 3.53. The van der Waals surface area contributed by atoms with Crippen molar-refractivity contribution in [3.8, 4) is 0 Å². The number of carbonyl (C=O) groups excluding carboxylic acids is 1. The molecule has 2 atom stereocenters. The van der Waals surface area contributed by atoms with E-state index >= 15 is 0 Å². The summed E-state index contributed by atoms with van der Waals surface area (Å²) >= 11 is 6.09. The number of amides is 1. The van der Waals surface area contributed by atoms with Gasteiger partial charge in [-0.3, -0.25) is 4.99 Å². The third-order valence-corrected chi connectivity index (χ3v) is 5.04. The minimum Gasteiger partial charge on any atom is -0.444 e. The number of ether oxygens (including phenoxy) is 2. The first kappa shape index (κ1) is 24.0. The van der Waals surface area contributed by atoms with E-state index in [1.54, 1.807) is 12.0 Å². The lowest BCUT2D eigenvalue weighted by Crippen LogP contribution is -2.57. The molecule has 1 fully saturated rings. The van der Waals surface area contributed by atoms with Gasteiger partial charge in [-0.1, -0.05) is 23.7 Å². The Hall–Kier alpha value is -1.26. The average molecular weight is 537 g/mol. The van der Waals surface area contributed by atoms with Crippen LogP contribution < -0.4 is 5.32 Å². The van der Waals surface area contributed by atoms with Crippen LogP contribution in [0.3, 0.4) is 0 Å². The number of benzene rings is 1. The number of nitrogens with one attached hydrogen (secondary N) is 1. The largest absolute Gasteiger partial charge is 0.444 e. The van der Waals surface area contributed by atoms with Crippen molar-refractivity contribution in [3.05, 3.63) is 34.9 Å². The molecule has 1 aromatic rings. The highest BCUT2D eigenvalue weighted by atomic mass is 127. The zero-order valence-electron chi connectivity index (χ0n) is 17.4. The molecule has 29 heavy (non-hydrogen) atoms. The van der Waals surface area contributed by atoms with Crippen LogP contribution in [0.1, 0.15) is 32.4 Å². The van der Waals surface area contributed by atoms with Gasteiger partial charge in [-0.15, -0.1) is 24.0 Å². The van der Waals surface area contributed by atoms with Crippen LogP contribution in [0.4, 0.5) is 4.79 Å². The normalized spacial score (nSPS) is 19.8. The monoisotopic (exact) mass is 536 g/mol. The molecule has 0 bridgehead atoms. The van der Waals surface area contributed by atoms with Crippen molar-refractivity contribution in [1.82, 2.24) is 15.1 Å². The first-order valence-electron chi connectivity index (χ1n) is 9.58. The highest BCUT2D eigenvalue weighted by molar-refractivity contribution is 14.0. The van der Waals surface area contributed by atoms with E-state index < -0.39 is 5.60 Å². The lowest BCUT2D eigenvalue weighted by molar-refractivity contribution is 0.0137. The second-order valence-electron chi connectivity index (χ2n) is 8.10. The molecule has 2 heterocycles. The van der Waals surface area contributed by atoms with E-state index in [4.69, 9.17) is 21.1 Å². The van der Waals surface area contributed by atoms with Gasteiger partial charge in [-0.05, 0) is 38.5 Å². The molecule has 1 N–H and O–H groups in total. The molecule has 7 nitrogen and oxygen atoms in total. The van der Waals surface area contributed by atoms with E-state index in [0.29, 0.717) is 31.2 Å². The summed E-state index contributed by atoms with van der Waals surface area (Å²) in [4.78, 5) is 21.0. The number of carbonyl (C=O) groups is 1. The predicted molar refractivity (Wildman–Crippen MR) is 125 cm³/mol. The van der Waals surface area contributed by atoms with Crippen molar-refractivity contribution >= 4 is 47.6 Å².